The molecule has 1 aliphatic rings. The van der Waals surface area contributed by atoms with E-state index >= 15 is 0 Å². The topological polar surface area (TPSA) is 101 Å². The first-order chi connectivity index (χ1) is 9.38. The average Bonchev–Trinajstić information content (AvgIpc) is 2.91. The molecule has 0 saturated carbocycles. The number of amides is 1. The summed E-state index contributed by atoms with van der Waals surface area (Å²) in [4.78, 5) is 12.0. The van der Waals surface area contributed by atoms with Crippen molar-refractivity contribution in [2.24, 2.45) is 5.14 Å². The van der Waals surface area contributed by atoms with E-state index in [2.05, 4.69) is 10.6 Å². The van der Waals surface area contributed by atoms with Gasteiger partial charge in [0, 0.05) is 0 Å². The van der Waals surface area contributed by atoms with Gasteiger partial charge in [0.1, 0.15) is 0 Å². The van der Waals surface area contributed by atoms with E-state index in [1.165, 1.54) is 12.1 Å². The van der Waals surface area contributed by atoms with E-state index in [9.17, 15) is 13.2 Å². The van der Waals surface area contributed by atoms with Gasteiger partial charge in [-0.1, -0.05) is 12.1 Å². The minimum atomic E-state index is -3.68. The Bertz CT molecular complexity index is 577. The van der Waals surface area contributed by atoms with Crippen LogP contribution in [0.15, 0.2) is 29.2 Å². The molecule has 1 saturated heterocycles. The lowest BCUT2D eigenvalue weighted by Crippen LogP contribution is -2.41. The van der Waals surface area contributed by atoms with Gasteiger partial charge >= 0.3 is 0 Å². The maximum absolute atomic E-state index is 12.0. The molecular weight excluding hydrogens is 278 g/mol. The molecule has 1 unspecified atom stereocenters. The fourth-order valence-corrected chi connectivity index (χ4v) is 2.77. The van der Waals surface area contributed by atoms with Crippen LogP contribution >= 0.6 is 0 Å². The molecule has 0 bridgehead atoms. The number of hydrogen-bond donors (Lipinski definition) is 3. The van der Waals surface area contributed by atoms with Gasteiger partial charge in [0.25, 0.3) is 0 Å². The number of rotatable bonds is 4. The van der Waals surface area contributed by atoms with Crippen LogP contribution in [0.5, 0.6) is 0 Å². The van der Waals surface area contributed by atoms with Gasteiger partial charge in [-0.2, -0.15) is 0 Å². The first-order valence-electron chi connectivity index (χ1n) is 6.54. The number of primary sulfonamides is 1. The molecule has 6 nitrogen and oxygen atoms in total. The predicted octanol–water partition coefficient (Wildman–Crippen LogP) is 0.263. The minimum Gasteiger partial charge on any atom is -0.348 e. The van der Waals surface area contributed by atoms with Crippen molar-refractivity contribution < 1.29 is 13.2 Å². The molecule has 4 N–H and O–H groups in total. The Hall–Kier alpha value is -1.44. The Morgan fingerprint density at radius 1 is 1.40 bits per heavy atom. The third kappa shape index (κ3) is 3.56. The van der Waals surface area contributed by atoms with Crippen molar-refractivity contribution in [2.75, 3.05) is 6.54 Å². The molecule has 1 heterocycles. The van der Waals surface area contributed by atoms with E-state index in [1.807, 2.05) is 6.92 Å². The van der Waals surface area contributed by atoms with E-state index in [0.717, 1.165) is 24.9 Å². The SMILES string of the molecule is CC(NC(=O)[C@H]1CCCN1)c1ccc(S(N)(=O)=O)cc1. The van der Waals surface area contributed by atoms with E-state index < -0.39 is 10.0 Å². The second-order valence-electron chi connectivity index (χ2n) is 4.99. The first kappa shape index (κ1) is 15.0. The number of nitrogens with one attached hydrogen (secondary N) is 2. The van der Waals surface area contributed by atoms with Crippen molar-refractivity contribution >= 4 is 15.9 Å². The Morgan fingerprint density at radius 3 is 2.55 bits per heavy atom. The molecule has 0 aromatic heterocycles. The van der Waals surface area contributed by atoms with Crippen LogP contribution in [0.4, 0.5) is 0 Å². The fraction of sp³-hybridized carbons (Fsp3) is 0.462. The molecule has 0 aliphatic carbocycles. The van der Waals surface area contributed by atoms with Gasteiger partial charge in [-0.3, -0.25) is 4.79 Å². The van der Waals surface area contributed by atoms with Crippen LogP contribution in [0.3, 0.4) is 0 Å². The van der Waals surface area contributed by atoms with Crippen LogP contribution in [-0.4, -0.2) is 26.9 Å². The number of hydrogen-bond acceptors (Lipinski definition) is 4. The summed E-state index contributed by atoms with van der Waals surface area (Å²) in [6.45, 7) is 2.73. The third-order valence-electron chi connectivity index (χ3n) is 3.44. The molecule has 1 aromatic carbocycles. The van der Waals surface area contributed by atoms with Crippen LogP contribution < -0.4 is 15.8 Å². The maximum atomic E-state index is 12.0. The molecule has 7 heteroatoms. The quantitative estimate of drug-likeness (QED) is 0.742. The standard InChI is InChI=1S/C13H19N3O3S/c1-9(16-13(17)12-3-2-8-15-12)10-4-6-11(7-5-10)20(14,18)19/h4-7,9,12,15H,2-3,8H2,1H3,(H,16,17)(H2,14,18,19)/t9?,12-/m1/s1. The molecule has 0 radical (unpaired) electrons. The van der Waals surface area contributed by atoms with Gasteiger partial charge < -0.3 is 10.6 Å². The molecule has 20 heavy (non-hydrogen) atoms. The lowest BCUT2D eigenvalue weighted by molar-refractivity contribution is -0.123. The largest absolute Gasteiger partial charge is 0.348 e. The van der Waals surface area contributed by atoms with Crippen LogP contribution in [-0.2, 0) is 14.8 Å². The summed E-state index contributed by atoms with van der Waals surface area (Å²) in [5.41, 5.74) is 0.837. The van der Waals surface area contributed by atoms with E-state index in [4.69, 9.17) is 5.14 Å². The zero-order chi connectivity index (χ0) is 14.8. The highest BCUT2D eigenvalue weighted by molar-refractivity contribution is 7.89. The summed E-state index contributed by atoms with van der Waals surface area (Å²) < 4.78 is 22.3. The van der Waals surface area contributed by atoms with Crippen LogP contribution in [0.1, 0.15) is 31.4 Å². The number of carbonyl (C=O) groups is 1. The van der Waals surface area contributed by atoms with E-state index in [-0.39, 0.29) is 22.9 Å². The van der Waals surface area contributed by atoms with Crippen molar-refractivity contribution in [1.82, 2.24) is 10.6 Å². The van der Waals surface area contributed by atoms with Crippen molar-refractivity contribution in [2.45, 2.75) is 36.7 Å². The predicted molar refractivity (Wildman–Crippen MR) is 75.4 cm³/mol. The lowest BCUT2D eigenvalue weighted by atomic mass is 10.1. The Balaban J connectivity index is 2.02. The van der Waals surface area contributed by atoms with E-state index in [1.54, 1.807) is 12.1 Å². The number of sulfonamides is 1. The van der Waals surface area contributed by atoms with E-state index in [0.29, 0.717) is 0 Å². The second kappa shape index (κ2) is 5.90. The molecule has 1 aliphatic heterocycles. The van der Waals surface area contributed by atoms with Crippen molar-refractivity contribution in [3.05, 3.63) is 29.8 Å². The van der Waals surface area contributed by atoms with Crippen molar-refractivity contribution in [1.29, 1.82) is 0 Å². The zero-order valence-electron chi connectivity index (χ0n) is 11.3. The first-order valence-corrected chi connectivity index (χ1v) is 8.09. The Morgan fingerprint density at radius 2 is 2.05 bits per heavy atom. The van der Waals surface area contributed by atoms with Gasteiger partial charge in [-0.05, 0) is 44.0 Å². The maximum Gasteiger partial charge on any atom is 0.238 e. The number of carbonyl (C=O) groups excluding carboxylic acids is 1. The molecule has 1 amide bonds. The minimum absolute atomic E-state index is 0.0227. The zero-order valence-corrected chi connectivity index (χ0v) is 12.1. The van der Waals surface area contributed by atoms with Crippen LogP contribution in [0.25, 0.3) is 0 Å². The molecular formula is C13H19N3O3S. The number of nitrogens with two attached hydrogens (primary N) is 1. The molecule has 110 valence electrons. The summed E-state index contributed by atoms with van der Waals surface area (Å²) in [6.07, 6.45) is 1.86. The van der Waals surface area contributed by atoms with Crippen molar-refractivity contribution in [3.8, 4) is 0 Å². The fourth-order valence-electron chi connectivity index (χ4n) is 2.25. The van der Waals surface area contributed by atoms with Gasteiger partial charge in [-0.15, -0.1) is 0 Å². The third-order valence-corrected chi connectivity index (χ3v) is 4.37. The lowest BCUT2D eigenvalue weighted by Gasteiger charge is -2.17. The Kier molecular flexibility index (Phi) is 4.42. The molecule has 1 fully saturated rings. The van der Waals surface area contributed by atoms with Crippen LogP contribution in [0, 0.1) is 0 Å². The number of benzene rings is 1. The highest BCUT2D eigenvalue weighted by atomic mass is 32.2. The van der Waals surface area contributed by atoms with Crippen molar-refractivity contribution in [3.63, 3.8) is 0 Å². The summed E-state index contributed by atoms with van der Waals surface area (Å²) in [5, 5.41) is 11.1. The molecule has 2 atom stereocenters. The monoisotopic (exact) mass is 297 g/mol. The smallest absolute Gasteiger partial charge is 0.238 e. The molecule has 1 aromatic rings. The highest BCUT2D eigenvalue weighted by Gasteiger charge is 2.23. The average molecular weight is 297 g/mol. The molecule has 0 spiro atoms. The van der Waals surface area contributed by atoms with Gasteiger partial charge in [0.2, 0.25) is 15.9 Å². The highest BCUT2D eigenvalue weighted by Crippen LogP contribution is 2.16. The van der Waals surface area contributed by atoms with Gasteiger partial charge in [0.05, 0.1) is 17.0 Å². The normalized spacial score (nSPS) is 20.6. The molecule has 2 rings (SSSR count). The van der Waals surface area contributed by atoms with Gasteiger partial charge in [-0.25, -0.2) is 13.6 Å². The summed E-state index contributed by atoms with van der Waals surface area (Å²) in [5.74, 6) is -0.0227. The Labute approximate surface area is 118 Å². The summed E-state index contributed by atoms with van der Waals surface area (Å²) >= 11 is 0. The van der Waals surface area contributed by atoms with Gasteiger partial charge in [0.15, 0.2) is 0 Å². The summed E-state index contributed by atoms with van der Waals surface area (Å²) in [7, 11) is -3.68. The van der Waals surface area contributed by atoms with Crippen LogP contribution in [0.2, 0.25) is 0 Å². The summed E-state index contributed by atoms with van der Waals surface area (Å²) in [6, 6.07) is 5.91. The second-order valence-corrected chi connectivity index (χ2v) is 6.55.